The van der Waals surface area contributed by atoms with Crippen LogP contribution in [-0.2, 0) is 6.42 Å². The van der Waals surface area contributed by atoms with Crippen molar-refractivity contribution < 1.29 is 9.53 Å². The third-order valence-electron chi connectivity index (χ3n) is 3.93. The molecule has 3 rings (SSSR count). The van der Waals surface area contributed by atoms with Crippen molar-refractivity contribution in [3.05, 3.63) is 52.3 Å². The summed E-state index contributed by atoms with van der Waals surface area (Å²) in [6.07, 6.45) is 8.20. The van der Waals surface area contributed by atoms with E-state index in [1.54, 1.807) is 13.8 Å². The number of aromatic nitrogens is 1. The molecule has 5 heteroatoms. The van der Waals surface area contributed by atoms with E-state index in [9.17, 15) is 4.79 Å². The highest BCUT2D eigenvalue weighted by Crippen LogP contribution is 2.26. The Kier molecular flexibility index (Phi) is 4.82. The van der Waals surface area contributed by atoms with Crippen molar-refractivity contribution in [2.24, 2.45) is 0 Å². The van der Waals surface area contributed by atoms with Gasteiger partial charge in [0.15, 0.2) is 0 Å². The number of carbonyl (C=O) groups excluding carboxylic acids is 1. The Bertz CT molecular complexity index is 930. The molecule has 0 saturated heterocycles. The van der Waals surface area contributed by atoms with Crippen LogP contribution in [0.15, 0.2) is 41.9 Å². The molecule has 0 aliphatic rings. The van der Waals surface area contributed by atoms with Gasteiger partial charge in [-0.1, -0.05) is 24.1 Å². The fourth-order valence-corrected chi connectivity index (χ4v) is 3.29. The van der Waals surface area contributed by atoms with E-state index in [0.717, 1.165) is 11.9 Å². The maximum atomic E-state index is 12.4. The monoisotopic (exact) mass is 352 g/mol. The fourth-order valence-electron chi connectivity index (χ4n) is 2.56. The zero-order valence-corrected chi connectivity index (χ0v) is 15.1. The van der Waals surface area contributed by atoms with Crippen LogP contribution in [0, 0.1) is 12.3 Å². The predicted octanol–water partition coefficient (Wildman–Crippen LogP) is 3.99. The van der Waals surface area contributed by atoms with Gasteiger partial charge in [-0.25, -0.2) is 0 Å². The van der Waals surface area contributed by atoms with Gasteiger partial charge in [-0.05, 0) is 36.9 Å². The molecule has 0 fully saturated rings. The van der Waals surface area contributed by atoms with Gasteiger partial charge in [0.25, 0.3) is 5.91 Å². The number of amides is 1. The number of hydrogen-bond donors (Lipinski definition) is 2. The summed E-state index contributed by atoms with van der Waals surface area (Å²) < 4.78 is 5.85. The van der Waals surface area contributed by atoms with Gasteiger partial charge in [0, 0.05) is 23.5 Å². The lowest BCUT2D eigenvalue weighted by atomic mass is 10.1. The van der Waals surface area contributed by atoms with E-state index in [2.05, 4.69) is 22.3 Å². The molecule has 0 unspecified atom stereocenters. The summed E-state index contributed by atoms with van der Waals surface area (Å²) in [5, 5.41) is 5.87. The van der Waals surface area contributed by atoms with E-state index < -0.39 is 5.54 Å². The van der Waals surface area contributed by atoms with Crippen molar-refractivity contribution >= 4 is 28.1 Å². The average molecular weight is 352 g/mol. The third kappa shape index (κ3) is 3.86. The lowest BCUT2D eigenvalue weighted by molar-refractivity contribution is 0.0930. The van der Waals surface area contributed by atoms with Crippen molar-refractivity contribution in [3.63, 3.8) is 0 Å². The maximum absolute atomic E-state index is 12.4. The van der Waals surface area contributed by atoms with Crippen LogP contribution in [0.25, 0.3) is 10.9 Å². The molecule has 1 aromatic carbocycles. The van der Waals surface area contributed by atoms with E-state index in [0.29, 0.717) is 17.2 Å². The van der Waals surface area contributed by atoms with Crippen LogP contribution in [0.5, 0.6) is 5.75 Å². The number of fused-ring (bicyclic) bond motifs is 1. The Hall–Kier alpha value is -2.71. The molecule has 0 spiro atoms. The molecular formula is C20H20N2O2S. The minimum absolute atomic E-state index is 0.208. The highest BCUT2D eigenvalue weighted by molar-refractivity contribution is 7.12. The molecule has 0 bridgehead atoms. The fraction of sp³-hybridized carbons (Fsp3) is 0.250. The topological polar surface area (TPSA) is 54.1 Å². The Morgan fingerprint density at radius 2 is 2.16 bits per heavy atom. The number of benzene rings is 1. The molecule has 0 aliphatic carbocycles. The summed E-state index contributed by atoms with van der Waals surface area (Å²) in [4.78, 5) is 16.2. The number of carbonyl (C=O) groups is 1. The third-order valence-corrected chi connectivity index (χ3v) is 4.82. The second kappa shape index (κ2) is 7.04. The predicted molar refractivity (Wildman–Crippen MR) is 102 cm³/mol. The number of H-pyrrole nitrogens is 1. The SMILES string of the molecule is C#CC(C)(C)NC(=O)c1sccc1OCCc1c[nH]c2ccccc12. The molecule has 2 heterocycles. The first kappa shape index (κ1) is 17.1. The van der Waals surface area contributed by atoms with Gasteiger partial charge in [-0.2, -0.15) is 0 Å². The van der Waals surface area contributed by atoms with E-state index >= 15 is 0 Å². The van der Waals surface area contributed by atoms with Gasteiger partial charge in [-0.15, -0.1) is 17.8 Å². The Labute approximate surface area is 151 Å². The molecule has 0 atom stereocenters. The van der Waals surface area contributed by atoms with Gasteiger partial charge in [0.2, 0.25) is 0 Å². The molecule has 0 saturated carbocycles. The molecule has 2 aromatic heterocycles. The Balaban J connectivity index is 1.64. The van der Waals surface area contributed by atoms with Crippen LogP contribution in [0.4, 0.5) is 0 Å². The van der Waals surface area contributed by atoms with Gasteiger partial charge >= 0.3 is 0 Å². The molecular weight excluding hydrogens is 332 g/mol. The number of hydrogen-bond acceptors (Lipinski definition) is 3. The van der Waals surface area contributed by atoms with Gasteiger partial charge < -0.3 is 15.0 Å². The zero-order valence-electron chi connectivity index (χ0n) is 14.3. The van der Waals surface area contributed by atoms with Crippen molar-refractivity contribution in [1.82, 2.24) is 10.3 Å². The summed E-state index contributed by atoms with van der Waals surface area (Å²) in [7, 11) is 0. The summed E-state index contributed by atoms with van der Waals surface area (Å²) in [6.45, 7) is 4.07. The van der Waals surface area contributed by atoms with Crippen LogP contribution >= 0.6 is 11.3 Å². The van der Waals surface area contributed by atoms with Crippen LogP contribution in [0.3, 0.4) is 0 Å². The summed E-state index contributed by atoms with van der Waals surface area (Å²) in [5.41, 5.74) is 1.62. The second-order valence-electron chi connectivity index (χ2n) is 6.30. The summed E-state index contributed by atoms with van der Waals surface area (Å²) >= 11 is 1.35. The van der Waals surface area contributed by atoms with Crippen molar-refractivity contribution in [1.29, 1.82) is 0 Å². The molecule has 2 N–H and O–H groups in total. The van der Waals surface area contributed by atoms with Crippen LogP contribution in [0.1, 0.15) is 29.1 Å². The molecule has 4 nitrogen and oxygen atoms in total. The highest BCUT2D eigenvalue weighted by atomic mass is 32.1. The number of nitrogens with one attached hydrogen (secondary N) is 2. The van der Waals surface area contributed by atoms with E-state index in [1.165, 1.54) is 22.3 Å². The second-order valence-corrected chi connectivity index (χ2v) is 7.21. The van der Waals surface area contributed by atoms with Gasteiger partial charge in [-0.3, -0.25) is 4.79 Å². The normalized spacial score (nSPS) is 11.2. The molecule has 1 amide bonds. The number of terminal acetylenes is 1. The minimum atomic E-state index is -0.692. The van der Waals surface area contributed by atoms with Crippen molar-refractivity contribution in [3.8, 4) is 18.1 Å². The van der Waals surface area contributed by atoms with E-state index in [1.807, 2.05) is 35.8 Å². The standard InChI is InChI=1S/C20H20N2O2S/c1-4-20(2,3)22-19(23)18-17(10-12-25-18)24-11-9-14-13-21-16-8-6-5-7-15(14)16/h1,5-8,10,12-13,21H,9,11H2,2-3H3,(H,22,23). The van der Waals surface area contributed by atoms with Crippen molar-refractivity contribution in [2.75, 3.05) is 6.61 Å². The zero-order chi connectivity index (χ0) is 17.9. The van der Waals surface area contributed by atoms with Crippen LogP contribution in [-0.4, -0.2) is 23.0 Å². The first-order valence-corrected chi connectivity index (χ1v) is 8.94. The summed E-state index contributed by atoms with van der Waals surface area (Å²) in [5.74, 6) is 2.95. The molecule has 0 aliphatic heterocycles. The van der Waals surface area contributed by atoms with Gasteiger partial charge in [0.1, 0.15) is 10.6 Å². The summed E-state index contributed by atoms with van der Waals surface area (Å²) in [6, 6.07) is 9.99. The Morgan fingerprint density at radius 3 is 2.96 bits per heavy atom. The van der Waals surface area contributed by atoms with Crippen molar-refractivity contribution in [2.45, 2.75) is 25.8 Å². The number of para-hydroxylation sites is 1. The highest BCUT2D eigenvalue weighted by Gasteiger charge is 2.21. The van der Waals surface area contributed by atoms with E-state index in [-0.39, 0.29) is 5.91 Å². The molecule has 3 aromatic rings. The van der Waals surface area contributed by atoms with Crippen LogP contribution < -0.4 is 10.1 Å². The lowest BCUT2D eigenvalue weighted by Crippen LogP contribution is -2.41. The number of rotatable bonds is 6. The largest absolute Gasteiger partial charge is 0.492 e. The Morgan fingerprint density at radius 1 is 1.36 bits per heavy atom. The number of ether oxygens (including phenoxy) is 1. The first-order valence-electron chi connectivity index (χ1n) is 8.06. The minimum Gasteiger partial charge on any atom is -0.492 e. The maximum Gasteiger partial charge on any atom is 0.266 e. The van der Waals surface area contributed by atoms with Gasteiger partial charge in [0.05, 0.1) is 12.1 Å². The number of thiophene rings is 1. The molecule has 25 heavy (non-hydrogen) atoms. The van der Waals surface area contributed by atoms with E-state index in [4.69, 9.17) is 11.2 Å². The molecule has 0 radical (unpaired) electrons. The lowest BCUT2D eigenvalue weighted by Gasteiger charge is -2.19. The first-order chi connectivity index (χ1) is 12.0. The number of aromatic amines is 1. The quantitative estimate of drug-likeness (QED) is 0.659. The molecule has 128 valence electrons. The average Bonchev–Trinajstić information content (AvgIpc) is 3.22. The smallest absolute Gasteiger partial charge is 0.266 e. The van der Waals surface area contributed by atoms with Crippen LogP contribution in [0.2, 0.25) is 0 Å².